The molecule has 2 saturated heterocycles. The first-order valence-electron chi connectivity index (χ1n) is 9.94. The van der Waals surface area contributed by atoms with Gasteiger partial charge >= 0.3 is 0 Å². The number of nitrogens with zero attached hydrogens (tertiary/aromatic N) is 3. The standard InChI is InChI=1S/C20H24N6O2/c1-12-22-17(25-24-12)8-9-21-18(27)15-11-13-5-4-10-26(13)20(15)14-6-2-3-7-16(14)23-19(20)28/h2-3,6-7,13,15H,4-5,8-11H2,1H3,(H,21,27)(H,23,28)(H,22,24,25)/t13-,15+,20+/m1/s1. The highest BCUT2D eigenvalue weighted by Crippen LogP contribution is 2.55. The Hall–Kier alpha value is -2.74. The molecule has 0 radical (unpaired) electrons. The molecule has 3 N–H and O–H groups in total. The summed E-state index contributed by atoms with van der Waals surface area (Å²) in [5, 5.41) is 13.0. The van der Waals surface area contributed by atoms with E-state index in [1.807, 2.05) is 31.2 Å². The lowest BCUT2D eigenvalue weighted by molar-refractivity contribution is -0.137. The van der Waals surface area contributed by atoms with Gasteiger partial charge in [0.2, 0.25) is 11.8 Å². The smallest absolute Gasteiger partial charge is 0.250 e. The molecule has 2 amide bonds. The number of hydrogen-bond donors (Lipinski definition) is 3. The molecule has 3 aliphatic rings. The van der Waals surface area contributed by atoms with Gasteiger partial charge in [-0.05, 0) is 38.8 Å². The van der Waals surface area contributed by atoms with Gasteiger partial charge in [-0.3, -0.25) is 19.6 Å². The number of aromatic nitrogens is 3. The quantitative estimate of drug-likeness (QED) is 0.737. The number of carbonyl (C=O) groups excluding carboxylic acids is 2. The van der Waals surface area contributed by atoms with Gasteiger partial charge in [0.1, 0.15) is 11.4 Å². The molecule has 3 aliphatic heterocycles. The third-order valence-electron chi connectivity index (χ3n) is 6.38. The van der Waals surface area contributed by atoms with Crippen LogP contribution in [0, 0.1) is 12.8 Å². The van der Waals surface area contributed by atoms with Gasteiger partial charge in [0.05, 0.1) is 5.92 Å². The second-order valence-corrected chi connectivity index (χ2v) is 7.92. The molecule has 0 unspecified atom stereocenters. The monoisotopic (exact) mass is 380 g/mol. The molecule has 1 spiro atoms. The van der Waals surface area contributed by atoms with Crippen LogP contribution in [0.15, 0.2) is 24.3 Å². The molecule has 28 heavy (non-hydrogen) atoms. The van der Waals surface area contributed by atoms with E-state index in [9.17, 15) is 9.59 Å². The molecule has 1 aromatic heterocycles. The lowest BCUT2D eigenvalue weighted by atomic mass is 9.78. The molecule has 4 heterocycles. The Morgan fingerprint density at radius 3 is 3.07 bits per heavy atom. The second-order valence-electron chi connectivity index (χ2n) is 7.92. The van der Waals surface area contributed by atoms with Gasteiger partial charge in [0, 0.05) is 30.3 Å². The Bertz CT molecular complexity index is 940. The Morgan fingerprint density at radius 1 is 1.39 bits per heavy atom. The summed E-state index contributed by atoms with van der Waals surface area (Å²) in [6.45, 7) is 3.16. The van der Waals surface area contributed by atoms with E-state index in [-0.39, 0.29) is 17.9 Å². The van der Waals surface area contributed by atoms with Crippen LogP contribution in [-0.2, 0) is 21.5 Å². The Morgan fingerprint density at radius 2 is 2.25 bits per heavy atom. The molecular weight excluding hydrogens is 356 g/mol. The van der Waals surface area contributed by atoms with Gasteiger partial charge in [0.15, 0.2) is 5.82 Å². The maximum Gasteiger partial charge on any atom is 0.250 e. The number of anilines is 1. The molecule has 8 nitrogen and oxygen atoms in total. The van der Waals surface area contributed by atoms with Crippen LogP contribution in [0.5, 0.6) is 0 Å². The molecule has 0 aliphatic carbocycles. The Balaban J connectivity index is 1.42. The summed E-state index contributed by atoms with van der Waals surface area (Å²) in [4.78, 5) is 33.0. The summed E-state index contributed by atoms with van der Waals surface area (Å²) >= 11 is 0. The van der Waals surface area contributed by atoms with Crippen molar-refractivity contribution < 1.29 is 9.59 Å². The zero-order chi connectivity index (χ0) is 19.3. The molecule has 3 atom stereocenters. The number of fused-ring (bicyclic) bond motifs is 4. The van der Waals surface area contributed by atoms with Crippen molar-refractivity contribution in [3.8, 4) is 0 Å². The Kier molecular flexibility index (Phi) is 3.97. The molecule has 146 valence electrons. The topological polar surface area (TPSA) is 103 Å². The number of benzene rings is 1. The van der Waals surface area contributed by atoms with E-state index in [1.54, 1.807) is 0 Å². The first-order chi connectivity index (χ1) is 13.6. The van der Waals surface area contributed by atoms with Gasteiger partial charge < -0.3 is 10.6 Å². The highest BCUT2D eigenvalue weighted by molar-refractivity contribution is 6.09. The maximum atomic E-state index is 13.3. The first kappa shape index (κ1) is 17.4. The van der Waals surface area contributed by atoms with Crippen molar-refractivity contribution in [3.05, 3.63) is 41.5 Å². The fourth-order valence-electron chi connectivity index (χ4n) is 5.30. The van der Waals surface area contributed by atoms with E-state index in [4.69, 9.17) is 0 Å². The van der Waals surface area contributed by atoms with Gasteiger partial charge in [-0.2, -0.15) is 5.10 Å². The molecule has 0 bridgehead atoms. The zero-order valence-corrected chi connectivity index (χ0v) is 15.9. The number of para-hydroxylation sites is 1. The highest BCUT2D eigenvalue weighted by atomic mass is 16.2. The fraction of sp³-hybridized carbons (Fsp3) is 0.500. The molecule has 0 saturated carbocycles. The van der Waals surface area contributed by atoms with Crippen LogP contribution in [0.4, 0.5) is 5.69 Å². The van der Waals surface area contributed by atoms with Crippen molar-refractivity contribution >= 4 is 17.5 Å². The van der Waals surface area contributed by atoms with E-state index >= 15 is 0 Å². The van der Waals surface area contributed by atoms with Gasteiger partial charge in [0.25, 0.3) is 0 Å². The SMILES string of the molecule is Cc1nc(CCNC(=O)[C@@H]2C[C@H]3CCCN3[C@]23C(=O)Nc2ccccc23)n[nH]1. The fourth-order valence-corrected chi connectivity index (χ4v) is 5.30. The predicted molar refractivity (Wildman–Crippen MR) is 102 cm³/mol. The minimum absolute atomic E-state index is 0.0616. The highest BCUT2D eigenvalue weighted by Gasteiger charge is 2.65. The number of H-pyrrole nitrogens is 1. The lowest BCUT2D eigenvalue weighted by Crippen LogP contribution is -2.54. The second kappa shape index (κ2) is 6.41. The zero-order valence-electron chi connectivity index (χ0n) is 15.9. The van der Waals surface area contributed by atoms with Crippen LogP contribution in [0.25, 0.3) is 0 Å². The molecule has 2 aromatic rings. The number of amides is 2. The van der Waals surface area contributed by atoms with Crippen molar-refractivity contribution in [1.82, 2.24) is 25.4 Å². The van der Waals surface area contributed by atoms with E-state index < -0.39 is 11.5 Å². The van der Waals surface area contributed by atoms with Gasteiger partial charge in [-0.25, -0.2) is 4.98 Å². The Labute approximate surface area is 163 Å². The van der Waals surface area contributed by atoms with Gasteiger partial charge in [-0.15, -0.1) is 0 Å². The molecule has 1 aromatic carbocycles. The van der Waals surface area contributed by atoms with E-state index in [1.165, 1.54) is 0 Å². The summed E-state index contributed by atoms with van der Waals surface area (Å²) < 4.78 is 0. The average molecular weight is 380 g/mol. The summed E-state index contributed by atoms with van der Waals surface area (Å²) in [5.41, 5.74) is 0.881. The average Bonchev–Trinajstić information content (AvgIpc) is 3.41. The third-order valence-corrected chi connectivity index (χ3v) is 6.38. The number of aromatic amines is 1. The van der Waals surface area contributed by atoms with Crippen LogP contribution in [-0.4, -0.2) is 51.0 Å². The molecular formula is C20H24N6O2. The summed E-state index contributed by atoms with van der Waals surface area (Å²) in [7, 11) is 0. The van der Waals surface area contributed by atoms with Crippen LogP contribution in [0.2, 0.25) is 0 Å². The number of hydrogen-bond acceptors (Lipinski definition) is 5. The van der Waals surface area contributed by atoms with Crippen LogP contribution in [0.3, 0.4) is 0 Å². The lowest BCUT2D eigenvalue weighted by Gasteiger charge is -2.36. The largest absolute Gasteiger partial charge is 0.355 e. The third kappa shape index (κ3) is 2.40. The van der Waals surface area contributed by atoms with Crippen molar-refractivity contribution in [2.24, 2.45) is 5.92 Å². The summed E-state index contributed by atoms with van der Waals surface area (Å²) in [5.74, 6) is 0.922. The molecule has 2 fully saturated rings. The number of rotatable bonds is 4. The van der Waals surface area contributed by atoms with E-state index in [2.05, 4.69) is 30.7 Å². The van der Waals surface area contributed by atoms with E-state index in [0.717, 1.165) is 36.5 Å². The summed E-state index contributed by atoms with van der Waals surface area (Å²) in [6.07, 6.45) is 3.39. The normalized spacial score (nSPS) is 28.4. The molecule has 5 rings (SSSR count). The van der Waals surface area contributed by atoms with Crippen molar-refractivity contribution in [2.45, 2.75) is 44.2 Å². The van der Waals surface area contributed by atoms with Crippen LogP contribution >= 0.6 is 0 Å². The van der Waals surface area contributed by atoms with Gasteiger partial charge in [-0.1, -0.05) is 18.2 Å². The minimum atomic E-state index is -0.886. The van der Waals surface area contributed by atoms with Crippen LogP contribution < -0.4 is 10.6 Å². The van der Waals surface area contributed by atoms with Crippen molar-refractivity contribution in [2.75, 3.05) is 18.4 Å². The van der Waals surface area contributed by atoms with Crippen molar-refractivity contribution in [3.63, 3.8) is 0 Å². The number of carbonyl (C=O) groups is 2. The maximum absolute atomic E-state index is 13.3. The minimum Gasteiger partial charge on any atom is -0.355 e. The first-order valence-corrected chi connectivity index (χ1v) is 9.94. The number of nitrogens with one attached hydrogen (secondary N) is 3. The predicted octanol–water partition coefficient (Wildman–Crippen LogP) is 1.10. The van der Waals surface area contributed by atoms with Crippen LogP contribution in [0.1, 0.15) is 36.5 Å². The molecule has 8 heteroatoms. The summed E-state index contributed by atoms with van der Waals surface area (Å²) in [6, 6.07) is 8.06. The van der Waals surface area contributed by atoms with Crippen molar-refractivity contribution in [1.29, 1.82) is 0 Å². The van der Waals surface area contributed by atoms with E-state index in [0.29, 0.717) is 25.2 Å². The number of aryl methyl sites for hydroxylation is 1.